The summed E-state index contributed by atoms with van der Waals surface area (Å²) >= 11 is 10.1. The van der Waals surface area contributed by atoms with E-state index in [1.807, 2.05) is 0 Å². The van der Waals surface area contributed by atoms with Crippen molar-refractivity contribution in [3.05, 3.63) is 19.8 Å². The van der Waals surface area contributed by atoms with Crippen molar-refractivity contribution in [3.63, 3.8) is 0 Å². The zero-order valence-corrected chi connectivity index (χ0v) is 7.39. The minimum absolute atomic E-state index is 0.599. The minimum Gasteiger partial charge on any atom is -0.297 e. The summed E-state index contributed by atoms with van der Waals surface area (Å²) in [5.74, 6) is 0. The van der Waals surface area contributed by atoms with Crippen LogP contribution in [0, 0.1) is 0 Å². The predicted octanol–water partition coefficient (Wildman–Crippen LogP) is 2.98. The highest BCUT2D eigenvalue weighted by Crippen LogP contribution is 2.30. The molecule has 0 N–H and O–H groups in total. The molecule has 1 aromatic rings. The topological polar surface area (TPSA) is 17.1 Å². The quantitative estimate of drug-likeness (QED) is 0.672. The molecular formula is C5H2BrClOS. The van der Waals surface area contributed by atoms with E-state index in [-0.39, 0.29) is 0 Å². The maximum Gasteiger partial charge on any atom is 0.160 e. The number of aldehydes is 1. The summed E-state index contributed by atoms with van der Waals surface area (Å²) in [5.41, 5.74) is 0. The van der Waals surface area contributed by atoms with Crippen molar-refractivity contribution < 1.29 is 4.79 Å². The van der Waals surface area contributed by atoms with Gasteiger partial charge in [0.25, 0.3) is 0 Å². The van der Waals surface area contributed by atoms with E-state index in [0.29, 0.717) is 9.90 Å². The highest BCUT2D eigenvalue weighted by atomic mass is 79.9. The van der Waals surface area contributed by atoms with Gasteiger partial charge in [-0.05, 0) is 22.0 Å². The Morgan fingerprint density at radius 3 is 2.67 bits per heavy atom. The maximum absolute atomic E-state index is 10.1. The van der Waals surface area contributed by atoms with Gasteiger partial charge in [-0.25, -0.2) is 0 Å². The van der Waals surface area contributed by atoms with Gasteiger partial charge in [0, 0.05) is 0 Å². The van der Waals surface area contributed by atoms with Crippen LogP contribution in [0.3, 0.4) is 0 Å². The molecule has 0 aliphatic carbocycles. The summed E-state index contributed by atoms with van der Waals surface area (Å²) in [4.78, 5) is 10.7. The fourth-order valence-electron chi connectivity index (χ4n) is 0.421. The average Bonchev–Trinajstić information content (AvgIpc) is 2.13. The van der Waals surface area contributed by atoms with Crippen LogP contribution in [-0.4, -0.2) is 6.29 Å². The molecule has 1 aromatic heterocycles. The zero-order chi connectivity index (χ0) is 6.85. The first kappa shape index (κ1) is 7.25. The number of halogens is 2. The lowest BCUT2D eigenvalue weighted by Gasteiger charge is -1.74. The smallest absolute Gasteiger partial charge is 0.160 e. The SMILES string of the molecule is O=Cc1cc(Cl)c(Br)s1. The summed E-state index contributed by atoms with van der Waals surface area (Å²) in [5, 5.41) is 0.599. The molecule has 0 saturated carbocycles. The van der Waals surface area contributed by atoms with Gasteiger partial charge in [-0.2, -0.15) is 0 Å². The van der Waals surface area contributed by atoms with E-state index < -0.39 is 0 Å². The van der Waals surface area contributed by atoms with Gasteiger partial charge in [0.1, 0.15) is 0 Å². The number of hydrogen-bond donors (Lipinski definition) is 0. The molecule has 9 heavy (non-hydrogen) atoms. The number of hydrogen-bond acceptors (Lipinski definition) is 2. The van der Waals surface area contributed by atoms with E-state index in [0.717, 1.165) is 10.1 Å². The largest absolute Gasteiger partial charge is 0.297 e. The molecule has 0 atom stereocenters. The Balaban J connectivity index is 3.11. The first-order chi connectivity index (χ1) is 4.24. The Kier molecular flexibility index (Phi) is 2.27. The molecule has 0 amide bonds. The van der Waals surface area contributed by atoms with Gasteiger partial charge in [-0.15, -0.1) is 11.3 Å². The third kappa shape index (κ3) is 1.53. The Morgan fingerprint density at radius 2 is 2.44 bits per heavy atom. The molecule has 0 bridgehead atoms. The zero-order valence-electron chi connectivity index (χ0n) is 4.23. The molecule has 0 unspecified atom stereocenters. The summed E-state index contributed by atoms with van der Waals surface area (Å²) in [6.45, 7) is 0. The van der Waals surface area contributed by atoms with Crippen LogP contribution in [0.25, 0.3) is 0 Å². The van der Waals surface area contributed by atoms with E-state index in [1.54, 1.807) is 6.07 Å². The molecule has 0 radical (unpaired) electrons. The van der Waals surface area contributed by atoms with E-state index in [2.05, 4.69) is 15.9 Å². The third-order valence-electron chi connectivity index (χ3n) is 0.780. The highest BCUT2D eigenvalue weighted by molar-refractivity contribution is 9.11. The number of rotatable bonds is 1. The van der Waals surface area contributed by atoms with E-state index in [9.17, 15) is 4.79 Å². The summed E-state index contributed by atoms with van der Waals surface area (Å²) < 4.78 is 0.811. The second-order valence-electron chi connectivity index (χ2n) is 1.39. The van der Waals surface area contributed by atoms with Crippen LogP contribution < -0.4 is 0 Å². The Morgan fingerprint density at radius 1 is 1.78 bits per heavy atom. The molecule has 0 saturated heterocycles. The van der Waals surface area contributed by atoms with Crippen LogP contribution in [0.2, 0.25) is 5.02 Å². The van der Waals surface area contributed by atoms with Crippen molar-refractivity contribution in [2.24, 2.45) is 0 Å². The van der Waals surface area contributed by atoms with Crippen LogP contribution >= 0.6 is 38.9 Å². The fourth-order valence-corrected chi connectivity index (χ4v) is 1.98. The highest BCUT2D eigenvalue weighted by Gasteiger charge is 2.01. The lowest BCUT2D eigenvalue weighted by molar-refractivity contribution is 0.112. The standard InChI is InChI=1S/C5H2BrClOS/c6-5-4(7)1-3(2-8)9-5/h1-2H. The van der Waals surface area contributed by atoms with Crippen molar-refractivity contribution in [1.29, 1.82) is 0 Å². The Bertz CT molecular complexity index is 213. The third-order valence-corrected chi connectivity index (χ3v) is 3.18. The first-order valence-corrected chi connectivity index (χ1v) is 4.13. The summed E-state index contributed by atoms with van der Waals surface area (Å²) in [7, 11) is 0. The monoisotopic (exact) mass is 224 g/mol. The van der Waals surface area contributed by atoms with Gasteiger partial charge < -0.3 is 0 Å². The lowest BCUT2D eigenvalue weighted by Crippen LogP contribution is -1.62. The van der Waals surface area contributed by atoms with Crippen molar-refractivity contribution in [2.75, 3.05) is 0 Å². The van der Waals surface area contributed by atoms with Crippen molar-refractivity contribution in [3.8, 4) is 0 Å². The van der Waals surface area contributed by atoms with Crippen molar-refractivity contribution in [1.82, 2.24) is 0 Å². The Labute approximate surface area is 69.8 Å². The Hall–Kier alpha value is 0.140. The second-order valence-corrected chi connectivity index (χ2v) is 4.20. The summed E-state index contributed by atoms with van der Waals surface area (Å²) in [6, 6.07) is 1.63. The summed E-state index contributed by atoms with van der Waals surface area (Å²) in [6.07, 6.45) is 0.779. The number of thiophene rings is 1. The van der Waals surface area contributed by atoms with Gasteiger partial charge in [-0.1, -0.05) is 11.6 Å². The average molecular weight is 225 g/mol. The van der Waals surface area contributed by atoms with Gasteiger partial charge >= 0.3 is 0 Å². The fraction of sp³-hybridized carbons (Fsp3) is 0. The van der Waals surface area contributed by atoms with Crippen LogP contribution in [0.15, 0.2) is 9.85 Å². The molecule has 4 heteroatoms. The lowest BCUT2D eigenvalue weighted by atomic mass is 10.5. The number of carbonyl (C=O) groups is 1. The van der Waals surface area contributed by atoms with Crippen molar-refractivity contribution in [2.45, 2.75) is 0 Å². The van der Waals surface area contributed by atoms with Crippen LogP contribution in [0.4, 0.5) is 0 Å². The molecule has 0 fully saturated rings. The minimum atomic E-state index is 0.599. The predicted molar refractivity (Wildman–Crippen MR) is 42.4 cm³/mol. The van der Waals surface area contributed by atoms with Crippen LogP contribution in [0.5, 0.6) is 0 Å². The second kappa shape index (κ2) is 2.82. The molecule has 0 aliphatic heterocycles. The van der Waals surface area contributed by atoms with Crippen LogP contribution in [-0.2, 0) is 0 Å². The molecule has 1 nitrogen and oxygen atoms in total. The molecule has 0 aromatic carbocycles. The van der Waals surface area contributed by atoms with E-state index >= 15 is 0 Å². The van der Waals surface area contributed by atoms with Gasteiger partial charge in [0.05, 0.1) is 13.7 Å². The molecule has 0 spiro atoms. The normalized spacial score (nSPS) is 9.56. The van der Waals surface area contributed by atoms with E-state index in [4.69, 9.17) is 11.6 Å². The van der Waals surface area contributed by atoms with E-state index in [1.165, 1.54) is 11.3 Å². The molecule has 1 rings (SSSR count). The van der Waals surface area contributed by atoms with Gasteiger partial charge in [0.2, 0.25) is 0 Å². The number of carbonyl (C=O) groups excluding carboxylic acids is 1. The maximum atomic E-state index is 10.1. The van der Waals surface area contributed by atoms with Gasteiger partial charge in [-0.3, -0.25) is 4.79 Å². The van der Waals surface area contributed by atoms with Crippen LogP contribution in [0.1, 0.15) is 9.67 Å². The molecular weight excluding hydrogens is 223 g/mol. The molecule has 0 aliphatic rings. The molecule has 48 valence electrons. The van der Waals surface area contributed by atoms with Gasteiger partial charge in [0.15, 0.2) is 6.29 Å². The molecule has 1 heterocycles. The van der Waals surface area contributed by atoms with Crippen molar-refractivity contribution >= 4 is 45.2 Å². The first-order valence-electron chi connectivity index (χ1n) is 2.14.